The highest BCUT2D eigenvalue weighted by Crippen LogP contribution is 2.30. The quantitative estimate of drug-likeness (QED) is 0.899. The Morgan fingerprint density at radius 2 is 1.94 bits per heavy atom. The molecule has 0 amide bonds. The van der Waals surface area contributed by atoms with Gasteiger partial charge in [0.2, 0.25) is 0 Å². The molecule has 1 N–H and O–H groups in total. The molecule has 0 aromatic heterocycles. The minimum absolute atomic E-state index is 0.0935. The molecule has 2 rings (SSSR count). The Bertz CT molecular complexity index is 382. The minimum atomic E-state index is -4.25. The molecule has 1 heterocycles. The van der Waals surface area contributed by atoms with Gasteiger partial charge in [0.25, 0.3) is 0 Å². The lowest BCUT2D eigenvalue weighted by molar-refractivity contribution is -0.137. The summed E-state index contributed by atoms with van der Waals surface area (Å²) in [5, 5.41) is 3.45. The summed E-state index contributed by atoms with van der Waals surface area (Å²) >= 11 is 1.91. The van der Waals surface area contributed by atoms with E-state index in [1.165, 1.54) is 0 Å². The maximum absolute atomic E-state index is 12.4. The number of benzene rings is 1. The average molecular weight is 275 g/mol. The van der Waals surface area contributed by atoms with Crippen molar-refractivity contribution in [2.45, 2.75) is 31.6 Å². The summed E-state index contributed by atoms with van der Waals surface area (Å²) in [5.74, 6) is 2.25. The van der Waals surface area contributed by atoms with Crippen molar-refractivity contribution in [3.63, 3.8) is 0 Å². The molecular formula is C13H16F3NS. The van der Waals surface area contributed by atoms with Crippen LogP contribution in [0.25, 0.3) is 0 Å². The van der Waals surface area contributed by atoms with Crippen molar-refractivity contribution >= 4 is 11.8 Å². The van der Waals surface area contributed by atoms with Crippen LogP contribution in [0.3, 0.4) is 0 Å². The molecule has 1 nitrogen and oxygen atoms in total. The number of nitrogens with one attached hydrogen (secondary N) is 1. The maximum atomic E-state index is 12.4. The predicted octanol–water partition coefficient (Wildman–Crippen LogP) is 3.86. The summed E-state index contributed by atoms with van der Waals surface area (Å²) in [6, 6.07) is 5.99. The van der Waals surface area contributed by atoms with E-state index in [4.69, 9.17) is 0 Å². The second-order valence-corrected chi connectivity index (χ2v) is 5.72. The second kappa shape index (κ2) is 5.53. The van der Waals surface area contributed by atoms with Crippen LogP contribution in [0.2, 0.25) is 0 Å². The van der Waals surface area contributed by atoms with Crippen molar-refractivity contribution in [3.05, 3.63) is 35.4 Å². The van der Waals surface area contributed by atoms with Gasteiger partial charge in [-0.3, -0.25) is 0 Å². The highest BCUT2D eigenvalue weighted by atomic mass is 32.2. The van der Waals surface area contributed by atoms with E-state index in [-0.39, 0.29) is 6.04 Å². The SMILES string of the molecule is CC(NC1CCSC1)c1ccc(C(F)(F)F)cc1. The first-order chi connectivity index (χ1) is 8.47. The highest BCUT2D eigenvalue weighted by molar-refractivity contribution is 7.99. The smallest absolute Gasteiger partial charge is 0.307 e. The van der Waals surface area contributed by atoms with Crippen molar-refractivity contribution in [1.82, 2.24) is 5.32 Å². The molecule has 0 spiro atoms. The van der Waals surface area contributed by atoms with Gasteiger partial charge in [0.15, 0.2) is 0 Å². The first-order valence-corrected chi connectivity index (χ1v) is 7.13. The van der Waals surface area contributed by atoms with Crippen molar-refractivity contribution in [1.29, 1.82) is 0 Å². The van der Waals surface area contributed by atoms with Crippen LogP contribution in [-0.2, 0) is 6.18 Å². The molecular weight excluding hydrogens is 259 g/mol. The fraction of sp³-hybridized carbons (Fsp3) is 0.538. The Labute approximate surface area is 109 Å². The summed E-state index contributed by atoms with van der Waals surface area (Å²) in [6.07, 6.45) is -3.12. The van der Waals surface area contributed by atoms with Crippen LogP contribution < -0.4 is 5.32 Å². The zero-order valence-electron chi connectivity index (χ0n) is 10.1. The second-order valence-electron chi connectivity index (χ2n) is 4.57. The molecule has 100 valence electrons. The molecule has 1 saturated heterocycles. The van der Waals surface area contributed by atoms with Crippen LogP contribution in [0.4, 0.5) is 13.2 Å². The van der Waals surface area contributed by atoms with Gasteiger partial charge in [0.1, 0.15) is 0 Å². The molecule has 0 radical (unpaired) electrons. The third kappa shape index (κ3) is 3.42. The van der Waals surface area contributed by atoms with Gasteiger partial charge < -0.3 is 5.32 Å². The lowest BCUT2D eigenvalue weighted by Crippen LogP contribution is -2.31. The van der Waals surface area contributed by atoms with Gasteiger partial charge in [-0.05, 0) is 36.8 Å². The average Bonchev–Trinajstić information content (AvgIpc) is 2.81. The predicted molar refractivity (Wildman–Crippen MR) is 68.7 cm³/mol. The van der Waals surface area contributed by atoms with Gasteiger partial charge in [-0.25, -0.2) is 0 Å². The summed E-state index contributed by atoms with van der Waals surface area (Å²) in [4.78, 5) is 0. The van der Waals surface area contributed by atoms with E-state index in [0.29, 0.717) is 6.04 Å². The number of alkyl halides is 3. The van der Waals surface area contributed by atoms with Crippen molar-refractivity contribution in [2.75, 3.05) is 11.5 Å². The third-order valence-corrected chi connectivity index (χ3v) is 4.32. The van der Waals surface area contributed by atoms with Gasteiger partial charge in [-0.15, -0.1) is 0 Å². The van der Waals surface area contributed by atoms with Gasteiger partial charge >= 0.3 is 6.18 Å². The van der Waals surface area contributed by atoms with Gasteiger partial charge in [-0.2, -0.15) is 24.9 Å². The van der Waals surface area contributed by atoms with Crippen molar-refractivity contribution < 1.29 is 13.2 Å². The molecule has 1 fully saturated rings. The van der Waals surface area contributed by atoms with E-state index >= 15 is 0 Å². The Kier molecular flexibility index (Phi) is 4.22. The van der Waals surface area contributed by atoms with Crippen LogP contribution >= 0.6 is 11.8 Å². The number of hydrogen-bond donors (Lipinski definition) is 1. The van der Waals surface area contributed by atoms with Crippen LogP contribution in [0, 0.1) is 0 Å². The summed E-state index contributed by atoms with van der Waals surface area (Å²) in [5.41, 5.74) is 0.315. The zero-order valence-corrected chi connectivity index (χ0v) is 10.9. The molecule has 1 aromatic carbocycles. The normalized spacial score (nSPS) is 22.1. The fourth-order valence-electron chi connectivity index (χ4n) is 2.08. The summed E-state index contributed by atoms with van der Waals surface area (Å²) in [7, 11) is 0. The van der Waals surface area contributed by atoms with Crippen molar-refractivity contribution in [2.24, 2.45) is 0 Å². The standard InChI is InChI=1S/C13H16F3NS/c1-9(17-12-6-7-18-8-12)10-2-4-11(5-3-10)13(14,15)16/h2-5,9,12,17H,6-8H2,1H3. The van der Waals surface area contributed by atoms with Crippen LogP contribution in [0.5, 0.6) is 0 Å². The van der Waals surface area contributed by atoms with Gasteiger partial charge in [-0.1, -0.05) is 12.1 Å². The molecule has 18 heavy (non-hydrogen) atoms. The van der Waals surface area contributed by atoms with Gasteiger partial charge in [0.05, 0.1) is 5.56 Å². The molecule has 1 aliphatic heterocycles. The highest BCUT2D eigenvalue weighted by Gasteiger charge is 2.30. The van der Waals surface area contributed by atoms with Crippen LogP contribution in [0.1, 0.15) is 30.5 Å². The first-order valence-electron chi connectivity index (χ1n) is 5.98. The van der Waals surface area contributed by atoms with Crippen LogP contribution in [0.15, 0.2) is 24.3 Å². The molecule has 5 heteroatoms. The van der Waals surface area contributed by atoms with E-state index in [1.807, 2.05) is 18.7 Å². The van der Waals surface area contributed by atoms with Crippen LogP contribution in [-0.4, -0.2) is 17.5 Å². The largest absolute Gasteiger partial charge is 0.416 e. The number of hydrogen-bond acceptors (Lipinski definition) is 2. The molecule has 1 aromatic rings. The molecule has 2 atom stereocenters. The lowest BCUT2D eigenvalue weighted by atomic mass is 10.0. The van der Waals surface area contributed by atoms with E-state index in [9.17, 15) is 13.2 Å². The van der Waals surface area contributed by atoms with Gasteiger partial charge in [0, 0.05) is 17.8 Å². The molecule has 1 aliphatic rings. The Hall–Kier alpha value is -0.680. The molecule has 0 aliphatic carbocycles. The van der Waals surface area contributed by atoms with E-state index in [1.54, 1.807) is 12.1 Å². The van der Waals surface area contributed by atoms with E-state index in [2.05, 4.69) is 5.32 Å². The Morgan fingerprint density at radius 1 is 1.28 bits per heavy atom. The first kappa shape index (κ1) is 13.7. The summed E-state index contributed by atoms with van der Waals surface area (Å²) in [6.45, 7) is 1.99. The van der Waals surface area contributed by atoms with E-state index in [0.717, 1.165) is 35.6 Å². The zero-order chi connectivity index (χ0) is 13.2. The van der Waals surface area contributed by atoms with Crippen molar-refractivity contribution in [3.8, 4) is 0 Å². The fourth-order valence-corrected chi connectivity index (χ4v) is 3.24. The monoisotopic (exact) mass is 275 g/mol. The topological polar surface area (TPSA) is 12.0 Å². The molecule has 2 unspecified atom stereocenters. The number of halogens is 3. The third-order valence-electron chi connectivity index (χ3n) is 3.15. The molecule has 0 saturated carbocycles. The Balaban J connectivity index is 2.00. The number of rotatable bonds is 3. The summed E-state index contributed by atoms with van der Waals surface area (Å²) < 4.78 is 37.3. The Morgan fingerprint density at radius 3 is 2.44 bits per heavy atom. The number of thioether (sulfide) groups is 1. The lowest BCUT2D eigenvalue weighted by Gasteiger charge is -2.19. The molecule has 0 bridgehead atoms. The maximum Gasteiger partial charge on any atom is 0.416 e. The van der Waals surface area contributed by atoms with E-state index < -0.39 is 11.7 Å². The minimum Gasteiger partial charge on any atom is -0.307 e.